The summed E-state index contributed by atoms with van der Waals surface area (Å²) in [7, 11) is -2.36. The Morgan fingerprint density at radius 2 is 1.80 bits per heavy atom. The monoisotopic (exact) mass is 298 g/mol. The quantitative estimate of drug-likeness (QED) is 0.683. The maximum Gasteiger partial charge on any atom is 0.0811 e. The molecule has 1 aliphatic carbocycles. The van der Waals surface area contributed by atoms with Gasteiger partial charge in [0.1, 0.15) is 0 Å². The second-order valence-corrected chi connectivity index (χ2v) is 17.4. The number of hydrogen-bond acceptors (Lipinski definition) is 0. The molecule has 1 saturated heterocycles. The Labute approximate surface area is 125 Å². The van der Waals surface area contributed by atoms with Crippen molar-refractivity contribution in [2.45, 2.75) is 49.2 Å². The molecule has 2 heteroatoms. The number of hydrogen-bond donors (Lipinski definition) is 0. The topological polar surface area (TPSA) is 0 Å². The van der Waals surface area contributed by atoms with E-state index in [1.54, 1.807) is 16.9 Å². The second kappa shape index (κ2) is 5.49. The van der Waals surface area contributed by atoms with Crippen LogP contribution in [0.5, 0.6) is 0 Å². The fourth-order valence-electron chi connectivity index (χ4n) is 4.45. The van der Waals surface area contributed by atoms with Crippen LogP contribution in [0.15, 0.2) is 54.6 Å². The molecular formula is C18H26Si2. The van der Waals surface area contributed by atoms with Crippen molar-refractivity contribution in [2.75, 3.05) is 0 Å². The summed E-state index contributed by atoms with van der Waals surface area (Å²) in [5.74, 6) is 0. The van der Waals surface area contributed by atoms with Crippen LogP contribution in [0.1, 0.15) is 12.8 Å². The zero-order valence-electron chi connectivity index (χ0n) is 12.8. The summed E-state index contributed by atoms with van der Waals surface area (Å²) >= 11 is 0. The lowest BCUT2D eigenvalue weighted by molar-refractivity contribution is 0.895. The van der Waals surface area contributed by atoms with Crippen molar-refractivity contribution in [3.05, 3.63) is 54.6 Å². The molecule has 0 nitrogen and oxygen atoms in total. The molecule has 0 amide bonds. The molecule has 20 heavy (non-hydrogen) atoms. The molecule has 0 N–H and O–H groups in total. The third-order valence-corrected chi connectivity index (χ3v) is 18.9. The fraction of sp³-hybridized carbons (Fsp3) is 0.444. The Morgan fingerprint density at radius 1 is 1.00 bits per heavy atom. The number of benzene rings is 1. The van der Waals surface area contributed by atoms with E-state index in [2.05, 4.69) is 67.7 Å². The van der Waals surface area contributed by atoms with Gasteiger partial charge in [0.05, 0.1) is 16.1 Å². The van der Waals surface area contributed by atoms with E-state index in [0.717, 1.165) is 5.54 Å². The molecule has 1 fully saturated rings. The minimum atomic E-state index is -1.23. The average molecular weight is 299 g/mol. The van der Waals surface area contributed by atoms with E-state index in [1.165, 1.54) is 18.9 Å². The summed E-state index contributed by atoms with van der Waals surface area (Å²) < 4.78 is 0. The third kappa shape index (κ3) is 2.64. The fourth-order valence-corrected chi connectivity index (χ4v) is 20.1. The van der Waals surface area contributed by atoms with E-state index < -0.39 is 16.1 Å². The van der Waals surface area contributed by atoms with Gasteiger partial charge in [0.2, 0.25) is 0 Å². The molecule has 3 atom stereocenters. The van der Waals surface area contributed by atoms with Crippen LogP contribution < -0.4 is 5.19 Å². The van der Waals surface area contributed by atoms with Gasteiger partial charge < -0.3 is 0 Å². The van der Waals surface area contributed by atoms with Gasteiger partial charge >= 0.3 is 0 Å². The van der Waals surface area contributed by atoms with Crippen LogP contribution in [-0.4, -0.2) is 16.1 Å². The lowest BCUT2D eigenvalue weighted by atomic mass is 10.2. The highest BCUT2D eigenvalue weighted by atomic mass is 28.4. The molecule has 1 aromatic carbocycles. The van der Waals surface area contributed by atoms with Crippen LogP contribution >= 0.6 is 0 Å². The zero-order chi connectivity index (χ0) is 14.1. The van der Waals surface area contributed by atoms with Gasteiger partial charge in [-0.25, -0.2) is 0 Å². The molecular weight excluding hydrogens is 272 g/mol. The molecule has 0 spiro atoms. The molecule has 1 heterocycles. The predicted molar refractivity (Wildman–Crippen MR) is 95.0 cm³/mol. The van der Waals surface area contributed by atoms with Crippen molar-refractivity contribution in [2.24, 2.45) is 0 Å². The van der Waals surface area contributed by atoms with E-state index >= 15 is 0 Å². The van der Waals surface area contributed by atoms with Gasteiger partial charge in [-0.15, -0.1) is 0 Å². The molecule has 2 aliphatic rings. The molecule has 0 bridgehead atoms. The third-order valence-electron chi connectivity index (χ3n) is 5.62. The van der Waals surface area contributed by atoms with Crippen molar-refractivity contribution < 1.29 is 0 Å². The summed E-state index contributed by atoms with van der Waals surface area (Å²) in [6, 6.07) is 14.5. The van der Waals surface area contributed by atoms with Crippen molar-refractivity contribution in [3.8, 4) is 0 Å². The second-order valence-electron chi connectivity index (χ2n) is 7.27. The standard InChI is InChI=1S/C18H26Si2/c1-19(17-10-5-3-6-11-17)14-9-15-20(2,16-19)18-12-7-4-8-13-18/h3-8,10-12,18H,9,13-16H2,1-2H3. The van der Waals surface area contributed by atoms with E-state index in [0.29, 0.717) is 0 Å². The predicted octanol–water partition coefficient (Wildman–Crippen LogP) is 4.88. The molecule has 0 aromatic heterocycles. The van der Waals surface area contributed by atoms with Crippen molar-refractivity contribution >= 4 is 21.3 Å². The average Bonchev–Trinajstić information content (AvgIpc) is 2.49. The van der Waals surface area contributed by atoms with Gasteiger partial charge in [-0.05, 0) is 12.0 Å². The van der Waals surface area contributed by atoms with Crippen molar-refractivity contribution in [1.82, 2.24) is 0 Å². The summed E-state index contributed by atoms with van der Waals surface area (Å²) in [6.07, 6.45) is 12.2. The molecule has 0 saturated carbocycles. The van der Waals surface area contributed by atoms with Crippen LogP contribution in [0.2, 0.25) is 36.4 Å². The summed E-state index contributed by atoms with van der Waals surface area (Å²) in [5.41, 5.74) is 2.48. The Kier molecular flexibility index (Phi) is 3.87. The van der Waals surface area contributed by atoms with Crippen LogP contribution in [-0.2, 0) is 0 Å². The summed E-state index contributed by atoms with van der Waals surface area (Å²) in [5, 5.41) is 1.70. The van der Waals surface area contributed by atoms with Crippen LogP contribution in [0, 0.1) is 0 Å². The van der Waals surface area contributed by atoms with Gasteiger partial charge in [0.15, 0.2) is 0 Å². The van der Waals surface area contributed by atoms with Crippen LogP contribution in [0.3, 0.4) is 0 Å². The molecule has 0 radical (unpaired) electrons. The first-order chi connectivity index (χ1) is 9.62. The van der Waals surface area contributed by atoms with Gasteiger partial charge in [0.25, 0.3) is 0 Å². The first kappa shape index (κ1) is 14.1. The van der Waals surface area contributed by atoms with E-state index in [9.17, 15) is 0 Å². The Balaban J connectivity index is 1.86. The van der Waals surface area contributed by atoms with Crippen LogP contribution in [0.25, 0.3) is 0 Å². The van der Waals surface area contributed by atoms with E-state index in [4.69, 9.17) is 0 Å². The smallest absolute Gasteiger partial charge is 0.0811 e. The Bertz CT molecular complexity index is 519. The first-order valence-corrected chi connectivity index (χ1v) is 13.9. The van der Waals surface area contributed by atoms with Crippen LogP contribution in [0.4, 0.5) is 0 Å². The number of allylic oxidation sites excluding steroid dienone is 4. The number of rotatable bonds is 2. The molecule has 1 aromatic rings. The Morgan fingerprint density at radius 3 is 2.50 bits per heavy atom. The SMILES string of the molecule is C[Si]1(c2ccccc2)CCC[Si](C)(C2C=CC=CC2)C1. The molecule has 3 unspecified atom stereocenters. The lowest BCUT2D eigenvalue weighted by Gasteiger charge is -2.46. The minimum absolute atomic E-state index is 0.892. The molecule has 106 valence electrons. The van der Waals surface area contributed by atoms with Gasteiger partial charge in [-0.3, -0.25) is 0 Å². The summed E-state index contributed by atoms with van der Waals surface area (Å²) in [4.78, 5) is 0. The minimum Gasteiger partial charge on any atom is -0.0842 e. The molecule has 3 rings (SSSR count). The Hall–Kier alpha value is -0.866. The highest BCUT2D eigenvalue weighted by Gasteiger charge is 2.46. The lowest BCUT2D eigenvalue weighted by Crippen LogP contribution is -2.56. The zero-order valence-corrected chi connectivity index (χ0v) is 14.8. The van der Waals surface area contributed by atoms with E-state index in [-0.39, 0.29) is 0 Å². The largest absolute Gasteiger partial charge is 0.0842 e. The van der Waals surface area contributed by atoms with Gasteiger partial charge in [-0.2, -0.15) is 0 Å². The first-order valence-electron chi connectivity index (χ1n) is 8.01. The normalized spacial score (nSPS) is 37.0. The van der Waals surface area contributed by atoms with Crippen molar-refractivity contribution in [3.63, 3.8) is 0 Å². The van der Waals surface area contributed by atoms with Gasteiger partial charge in [0, 0.05) is 0 Å². The molecule has 1 aliphatic heterocycles. The maximum absolute atomic E-state index is 2.69. The maximum atomic E-state index is 2.69. The van der Waals surface area contributed by atoms with E-state index in [1.807, 2.05) is 0 Å². The summed E-state index contributed by atoms with van der Waals surface area (Å²) in [6.45, 7) is 5.34. The highest BCUT2D eigenvalue weighted by molar-refractivity contribution is 7.04. The highest BCUT2D eigenvalue weighted by Crippen LogP contribution is 2.44. The van der Waals surface area contributed by atoms with Gasteiger partial charge in [-0.1, -0.05) is 97.1 Å². The van der Waals surface area contributed by atoms with Crippen molar-refractivity contribution in [1.29, 1.82) is 0 Å².